The summed E-state index contributed by atoms with van der Waals surface area (Å²) >= 11 is 0. The average Bonchev–Trinajstić information content (AvgIpc) is 3.23. The van der Waals surface area contributed by atoms with Gasteiger partial charge in [-0.3, -0.25) is 9.10 Å². The van der Waals surface area contributed by atoms with E-state index in [0.717, 1.165) is 12.8 Å². The zero-order valence-corrected chi connectivity index (χ0v) is 14.3. The second-order valence-corrected chi connectivity index (χ2v) is 8.31. The van der Waals surface area contributed by atoms with E-state index in [2.05, 4.69) is 15.5 Å². The summed E-state index contributed by atoms with van der Waals surface area (Å²) in [4.78, 5) is 16.6. The number of hydrogen-bond acceptors (Lipinski definition) is 6. The molecule has 1 aromatic carbocycles. The maximum absolute atomic E-state index is 12.3. The molecule has 2 aliphatic rings. The minimum atomic E-state index is -3.27. The molecule has 2 aromatic rings. The van der Waals surface area contributed by atoms with Crippen molar-refractivity contribution >= 4 is 21.6 Å². The number of nitrogens with one attached hydrogen (secondary N) is 1. The minimum absolute atomic E-state index is 0.143. The van der Waals surface area contributed by atoms with Crippen molar-refractivity contribution in [1.82, 2.24) is 15.5 Å². The van der Waals surface area contributed by atoms with E-state index >= 15 is 0 Å². The molecule has 0 bridgehead atoms. The zero-order chi connectivity index (χ0) is 17.4. The van der Waals surface area contributed by atoms with E-state index in [1.165, 1.54) is 4.31 Å². The van der Waals surface area contributed by atoms with E-state index in [1.807, 2.05) is 0 Å². The van der Waals surface area contributed by atoms with Crippen molar-refractivity contribution in [3.63, 3.8) is 0 Å². The van der Waals surface area contributed by atoms with Crippen LogP contribution in [0.4, 0.5) is 5.69 Å². The van der Waals surface area contributed by atoms with Gasteiger partial charge in [-0.15, -0.1) is 0 Å². The molecular formula is C16H18N4O4S. The molecule has 2 fully saturated rings. The Kier molecular flexibility index (Phi) is 3.95. The molecule has 0 spiro atoms. The second kappa shape index (κ2) is 6.14. The molecule has 4 rings (SSSR count). The molecule has 8 nitrogen and oxygen atoms in total. The fourth-order valence-corrected chi connectivity index (χ4v) is 4.39. The highest BCUT2D eigenvalue weighted by atomic mass is 32.2. The van der Waals surface area contributed by atoms with E-state index < -0.39 is 10.0 Å². The molecular weight excluding hydrogens is 344 g/mol. The summed E-state index contributed by atoms with van der Waals surface area (Å²) < 4.78 is 30.5. The largest absolute Gasteiger partial charge is 0.343 e. The van der Waals surface area contributed by atoms with Crippen molar-refractivity contribution in [2.45, 2.75) is 31.7 Å². The predicted octanol–water partition coefficient (Wildman–Crippen LogP) is 1.42. The van der Waals surface area contributed by atoms with Crippen LogP contribution in [0.2, 0.25) is 0 Å². The fourth-order valence-electron chi connectivity index (χ4n) is 2.84. The van der Waals surface area contributed by atoms with Gasteiger partial charge in [-0.05, 0) is 37.5 Å². The highest BCUT2D eigenvalue weighted by molar-refractivity contribution is 7.93. The van der Waals surface area contributed by atoms with E-state index in [0.29, 0.717) is 41.8 Å². The first-order valence-corrected chi connectivity index (χ1v) is 9.85. The first kappa shape index (κ1) is 16.1. The second-order valence-electron chi connectivity index (χ2n) is 6.30. The average molecular weight is 362 g/mol. The van der Waals surface area contributed by atoms with Gasteiger partial charge in [-0.25, -0.2) is 8.42 Å². The minimum Gasteiger partial charge on any atom is -0.343 e. The monoisotopic (exact) mass is 362 g/mol. The third kappa shape index (κ3) is 3.37. The van der Waals surface area contributed by atoms with Crippen LogP contribution in [0.1, 0.15) is 47.3 Å². The number of amides is 1. The lowest BCUT2D eigenvalue weighted by Gasteiger charge is -2.17. The number of nitrogens with zero attached hydrogens (tertiary/aromatic N) is 3. The maximum Gasteiger partial charge on any atom is 0.251 e. The number of hydrogen-bond donors (Lipinski definition) is 1. The molecule has 132 valence electrons. The fraction of sp³-hybridized carbons (Fsp3) is 0.438. The molecule has 1 amide bonds. The lowest BCUT2D eigenvalue weighted by molar-refractivity contribution is 0.0946. The Balaban J connectivity index is 1.43. The van der Waals surface area contributed by atoms with Gasteiger partial charge in [-0.2, -0.15) is 4.98 Å². The molecule has 0 radical (unpaired) electrons. The Bertz CT molecular complexity index is 904. The van der Waals surface area contributed by atoms with Gasteiger partial charge in [0.15, 0.2) is 5.82 Å². The number of rotatable bonds is 5. The van der Waals surface area contributed by atoms with Crippen LogP contribution in [0.15, 0.2) is 28.8 Å². The van der Waals surface area contributed by atoms with Crippen LogP contribution in [0.5, 0.6) is 0 Å². The van der Waals surface area contributed by atoms with Crippen molar-refractivity contribution in [3.05, 3.63) is 41.5 Å². The molecule has 1 saturated carbocycles. The van der Waals surface area contributed by atoms with Crippen LogP contribution in [-0.4, -0.2) is 36.8 Å². The molecule has 0 atom stereocenters. The van der Waals surface area contributed by atoms with Gasteiger partial charge >= 0.3 is 0 Å². The first-order valence-electron chi connectivity index (χ1n) is 8.24. The van der Waals surface area contributed by atoms with Gasteiger partial charge in [0, 0.05) is 18.0 Å². The van der Waals surface area contributed by atoms with Crippen LogP contribution >= 0.6 is 0 Å². The van der Waals surface area contributed by atoms with Gasteiger partial charge < -0.3 is 9.84 Å². The molecule has 1 aliphatic carbocycles. The first-order chi connectivity index (χ1) is 12.0. The smallest absolute Gasteiger partial charge is 0.251 e. The van der Waals surface area contributed by atoms with E-state index in [9.17, 15) is 13.2 Å². The van der Waals surface area contributed by atoms with Gasteiger partial charge in [0.2, 0.25) is 15.9 Å². The molecule has 1 aromatic heterocycles. The third-order valence-corrected chi connectivity index (χ3v) is 6.19. The van der Waals surface area contributed by atoms with Crippen LogP contribution < -0.4 is 9.62 Å². The Morgan fingerprint density at radius 2 is 2.20 bits per heavy atom. The number of carbonyl (C=O) groups is 1. The van der Waals surface area contributed by atoms with Crippen molar-refractivity contribution in [1.29, 1.82) is 0 Å². The van der Waals surface area contributed by atoms with E-state index in [1.54, 1.807) is 24.3 Å². The van der Waals surface area contributed by atoms with E-state index in [-0.39, 0.29) is 18.2 Å². The molecule has 1 saturated heterocycles. The van der Waals surface area contributed by atoms with Crippen molar-refractivity contribution in [3.8, 4) is 0 Å². The summed E-state index contributed by atoms with van der Waals surface area (Å²) in [6, 6.07) is 6.60. The lowest BCUT2D eigenvalue weighted by atomic mass is 10.2. The highest BCUT2D eigenvalue weighted by Crippen LogP contribution is 2.38. The summed E-state index contributed by atoms with van der Waals surface area (Å²) in [5, 5.41) is 6.62. The Morgan fingerprint density at radius 1 is 1.36 bits per heavy atom. The number of aromatic nitrogens is 2. The number of sulfonamides is 1. The summed E-state index contributed by atoms with van der Waals surface area (Å²) in [6.45, 7) is 0.587. The lowest BCUT2D eigenvalue weighted by Crippen LogP contribution is -2.26. The SMILES string of the molecule is O=C(NCc1nc(C2CC2)no1)c1cccc(N2CCCS2(=O)=O)c1. The standard InChI is InChI=1S/C16H18N4O4S/c21-16(17-10-14-18-15(19-24-14)11-5-6-11)12-3-1-4-13(9-12)20-7-2-8-25(20,22)23/h1,3-4,9,11H,2,5-8,10H2,(H,17,21). The number of benzene rings is 1. The van der Waals surface area contributed by atoms with E-state index in [4.69, 9.17) is 4.52 Å². The molecule has 1 N–H and O–H groups in total. The molecule has 0 unspecified atom stereocenters. The van der Waals surface area contributed by atoms with Crippen LogP contribution in [0, 0.1) is 0 Å². The highest BCUT2D eigenvalue weighted by Gasteiger charge is 2.29. The Labute approximate surface area is 145 Å². The van der Waals surface area contributed by atoms with Gasteiger partial charge in [0.1, 0.15) is 0 Å². The third-order valence-electron chi connectivity index (χ3n) is 4.32. The maximum atomic E-state index is 12.3. The zero-order valence-electron chi connectivity index (χ0n) is 13.5. The van der Waals surface area contributed by atoms with Crippen LogP contribution in [-0.2, 0) is 16.6 Å². The van der Waals surface area contributed by atoms with Crippen molar-refractivity contribution in [2.24, 2.45) is 0 Å². The summed E-state index contributed by atoms with van der Waals surface area (Å²) in [7, 11) is -3.27. The summed E-state index contributed by atoms with van der Waals surface area (Å²) in [5.74, 6) is 1.29. The van der Waals surface area contributed by atoms with Gasteiger partial charge in [0.25, 0.3) is 5.91 Å². The van der Waals surface area contributed by atoms with Gasteiger partial charge in [-0.1, -0.05) is 11.2 Å². The Morgan fingerprint density at radius 3 is 2.92 bits per heavy atom. The normalized spacial score (nSPS) is 19.1. The van der Waals surface area contributed by atoms with Gasteiger partial charge in [0.05, 0.1) is 18.0 Å². The molecule has 1 aliphatic heterocycles. The van der Waals surface area contributed by atoms with Crippen LogP contribution in [0.3, 0.4) is 0 Å². The summed E-state index contributed by atoms with van der Waals surface area (Å²) in [5.41, 5.74) is 0.903. The topological polar surface area (TPSA) is 105 Å². The van der Waals surface area contributed by atoms with Crippen LogP contribution in [0.25, 0.3) is 0 Å². The predicted molar refractivity (Wildman–Crippen MR) is 89.6 cm³/mol. The number of anilines is 1. The van der Waals surface area contributed by atoms with Crippen molar-refractivity contribution in [2.75, 3.05) is 16.6 Å². The van der Waals surface area contributed by atoms with Crippen molar-refractivity contribution < 1.29 is 17.7 Å². The quantitative estimate of drug-likeness (QED) is 0.862. The molecule has 25 heavy (non-hydrogen) atoms. The number of carbonyl (C=O) groups excluding carboxylic acids is 1. The summed E-state index contributed by atoms with van der Waals surface area (Å²) in [6.07, 6.45) is 2.76. The molecule has 9 heteroatoms. The molecule has 2 heterocycles. The Hall–Kier alpha value is -2.42.